The van der Waals surface area contributed by atoms with Crippen LogP contribution in [0.4, 0.5) is 0 Å². The van der Waals surface area contributed by atoms with Crippen molar-refractivity contribution in [3.8, 4) is 0 Å². The Labute approximate surface area is 123 Å². The Bertz CT molecular complexity index is 524. The Morgan fingerprint density at radius 3 is 2.85 bits per heavy atom. The van der Waals surface area contributed by atoms with Crippen LogP contribution in [0.15, 0.2) is 24.3 Å². The third-order valence-corrected chi connectivity index (χ3v) is 3.73. The summed E-state index contributed by atoms with van der Waals surface area (Å²) in [6, 6.07) is 6.01. The average Bonchev–Trinajstić information content (AvgIpc) is 2.92. The van der Waals surface area contributed by atoms with Crippen LogP contribution in [0.3, 0.4) is 0 Å². The van der Waals surface area contributed by atoms with Crippen molar-refractivity contribution in [2.45, 2.75) is 26.2 Å². The fourth-order valence-electron chi connectivity index (χ4n) is 2.52. The van der Waals surface area contributed by atoms with Gasteiger partial charge in [-0.25, -0.2) is 0 Å². The number of aryl methyl sites for hydroxylation is 1. The van der Waals surface area contributed by atoms with Gasteiger partial charge in [-0.15, -0.1) is 0 Å². The minimum absolute atomic E-state index is 0. The molecule has 0 radical (unpaired) electrons. The van der Waals surface area contributed by atoms with E-state index < -0.39 is 0 Å². The predicted molar refractivity (Wildman–Crippen MR) is 86.0 cm³/mol. The topological polar surface area (TPSA) is 32.3 Å². The van der Waals surface area contributed by atoms with E-state index in [0.717, 1.165) is 24.9 Å². The Hall–Kier alpha value is -1.61. The van der Waals surface area contributed by atoms with Gasteiger partial charge < -0.3 is 10.2 Å². The molecular formula is C17H26N2O. The number of hydrogen-bond donors (Lipinski definition) is 1. The lowest BCUT2D eigenvalue weighted by Crippen LogP contribution is -2.31. The standard InChI is InChI=1S/C17H24N2O.H2/c1-13-8-9-15(17(20)18-10-11-19(2)3)12-16(13)14-6-4-5-7-14;/h6,8-9,12H,4-5,7,10-11H2,1-3H3,(H,18,20);1H. The van der Waals surface area contributed by atoms with E-state index in [4.69, 9.17) is 0 Å². The molecule has 0 aromatic heterocycles. The van der Waals surface area contributed by atoms with Crippen LogP contribution in [0, 0.1) is 6.92 Å². The summed E-state index contributed by atoms with van der Waals surface area (Å²) in [5.41, 5.74) is 4.65. The summed E-state index contributed by atoms with van der Waals surface area (Å²) < 4.78 is 0. The van der Waals surface area contributed by atoms with Gasteiger partial charge in [0.1, 0.15) is 0 Å². The maximum Gasteiger partial charge on any atom is 0.251 e. The molecule has 1 aliphatic carbocycles. The summed E-state index contributed by atoms with van der Waals surface area (Å²) in [4.78, 5) is 14.2. The smallest absolute Gasteiger partial charge is 0.251 e. The monoisotopic (exact) mass is 274 g/mol. The van der Waals surface area contributed by atoms with Crippen molar-refractivity contribution in [2.75, 3.05) is 27.2 Å². The fourth-order valence-corrected chi connectivity index (χ4v) is 2.52. The van der Waals surface area contributed by atoms with Crippen molar-refractivity contribution in [1.29, 1.82) is 0 Å². The molecule has 0 saturated carbocycles. The lowest BCUT2D eigenvalue weighted by Gasteiger charge is -2.12. The molecule has 20 heavy (non-hydrogen) atoms. The normalized spacial score (nSPS) is 14.5. The summed E-state index contributed by atoms with van der Waals surface area (Å²) in [6.07, 6.45) is 5.82. The van der Waals surface area contributed by atoms with Gasteiger partial charge in [0, 0.05) is 20.1 Å². The molecule has 110 valence electrons. The highest BCUT2D eigenvalue weighted by Gasteiger charge is 2.13. The van der Waals surface area contributed by atoms with E-state index in [1.54, 1.807) is 0 Å². The second-order valence-electron chi connectivity index (χ2n) is 5.71. The van der Waals surface area contributed by atoms with Gasteiger partial charge in [-0.1, -0.05) is 12.1 Å². The van der Waals surface area contributed by atoms with Crippen LogP contribution in [-0.4, -0.2) is 38.0 Å². The van der Waals surface area contributed by atoms with Gasteiger partial charge in [0.25, 0.3) is 5.91 Å². The number of rotatable bonds is 5. The number of nitrogens with zero attached hydrogens (tertiary/aromatic N) is 1. The Morgan fingerprint density at radius 1 is 1.40 bits per heavy atom. The first-order valence-corrected chi connectivity index (χ1v) is 7.31. The molecule has 0 fully saturated rings. The first-order valence-electron chi connectivity index (χ1n) is 7.31. The van der Waals surface area contributed by atoms with Crippen LogP contribution >= 0.6 is 0 Å². The van der Waals surface area contributed by atoms with Gasteiger partial charge >= 0.3 is 0 Å². The molecule has 0 saturated heterocycles. The van der Waals surface area contributed by atoms with E-state index in [0.29, 0.717) is 6.54 Å². The van der Waals surface area contributed by atoms with Crippen LogP contribution in [0.5, 0.6) is 0 Å². The quantitative estimate of drug-likeness (QED) is 0.895. The Morgan fingerprint density at radius 2 is 2.20 bits per heavy atom. The maximum absolute atomic E-state index is 12.2. The van der Waals surface area contributed by atoms with Gasteiger partial charge in [0.15, 0.2) is 0 Å². The third-order valence-electron chi connectivity index (χ3n) is 3.73. The number of benzene rings is 1. The third kappa shape index (κ3) is 3.70. The number of likely N-dealkylation sites (N-methyl/N-ethyl adjacent to an activating group) is 1. The zero-order valence-electron chi connectivity index (χ0n) is 12.7. The first kappa shape index (κ1) is 14.8. The predicted octanol–water partition coefficient (Wildman–Crippen LogP) is 3.10. The largest absolute Gasteiger partial charge is 0.351 e. The van der Waals surface area contributed by atoms with Gasteiger partial charge in [0.2, 0.25) is 0 Å². The lowest BCUT2D eigenvalue weighted by molar-refractivity contribution is 0.0951. The van der Waals surface area contributed by atoms with Crippen LogP contribution in [0.25, 0.3) is 5.57 Å². The zero-order valence-corrected chi connectivity index (χ0v) is 12.7. The molecule has 3 heteroatoms. The molecule has 0 heterocycles. The molecule has 0 unspecified atom stereocenters. The van der Waals surface area contributed by atoms with Gasteiger partial charge in [0.05, 0.1) is 0 Å². The first-order chi connectivity index (χ1) is 9.58. The van der Waals surface area contributed by atoms with E-state index >= 15 is 0 Å². The minimum atomic E-state index is 0. The van der Waals surface area contributed by atoms with Gasteiger partial charge in [-0.05, 0) is 69.1 Å². The molecule has 1 amide bonds. The highest BCUT2D eigenvalue weighted by Crippen LogP contribution is 2.30. The molecule has 3 nitrogen and oxygen atoms in total. The number of nitrogens with one attached hydrogen (secondary N) is 1. The second kappa shape index (κ2) is 6.71. The zero-order chi connectivity index (χ0) is 14.5. The molecule has 0 atom stereocenters. The fraction of sp³-hybridized carbons (Fsp3) is 0.471. The van der Waals surface area contributed by atoms with E-state index in [9.17, 15) is 4.79 Å². The summed E-state index contributed by atoms with van der Waals surface area (Å²) in [6.45, 7) is 3.65. The lowest BCUT2D eigenvalue weighted by atomic mass is 9.97. The minimum Gasteiger partial charge on any atom is -0.351 e. The van der Waals surface area contributed by atoms with E-state index in [1.165, 1.54) is 23.1 Å². The number of amides is 1. The van der Waals surface area contributed by atoms with Crippen molar-refractivity contribution in [2.24, 2.45) is 0 Å². The molecular weight excluding hydrogens is 248 g/mol. The highest BCUT2D eigenvalue weighted by molar-refractivity contribution is 5.95. The second-order valence-corrected chi connectivity index (χ2v) is 5.71. The molecule has 1 aliphatic rings. The van der Waals surface area contributed by atoms with Crippen LogP contribution in [0.2, 0.25) is 0 Å². The van der Waals surface area contributed by atoms with Crippen molar-refractivity contribution >= 4 is 11.5 Å². The number of carbonyl (C=O) groups is 1. The molecule has 1 aromatic carbocycles. The van der Waals surface area contributed by atoms with E-state index in [1.807, 2.05) is 26.2 Å². The van der Waals surface area contributed by atoms with E-state index in [-0.39, 0.29) is 7.33 Å². The molecule has 0 aliphatic heterocycles. The van der Waals surface area contributed by atoms with Crippen LogP contribution in [0.1, 0.15) is 42.2 Å². The van der Waals surface area contributed by atoms with Crippen LogP contribution in [-0.2, 0) is 0 Å². The summed E-state index contributed by atoms with van der Waals surface area (Å²) >= 11 is 0. The van der Waals surface area contributed by atoms with Gasteiger partial charge in [-0.3, -0.25) is 4.79 Å². The number of allylic oxidation sites excluding steroid dienone is 2. The highest BCUT2D eigenvalue weighted by atomic mass is 16.1. The molecule has 1 aromatic rings. The van der Waals surface area contributed by atoms with Crippen molar-refractivity contribution < 1.29 is 6.22 Å². The van der Waals surface area contributed by atoms with E-state index in [2.05, 4.69) is 29.3 Å². The Kier molecular flexibility index (Phi) is 4.96. The van der Waals surface area contributed by atoms with Crippen LogP contribution < -0.4 is 5.32 Å². The molecule has 0 bridgehead atoms. The average molecular weight is 274 g/mol. The number of hydrogen-bond acceptors (Lipinski definition) is 2. The summed E-state index contributed by atoms with van der Waals surface area (Å²) in [5.74, 6) is 0.0201. The van der Waals surface area contributed by atoms with Crippen molar-refractivity contribution in [3.63, 3.8) is 0 Å². The molecule has 1 N–H and O–H groups in total. The van der Waals surface area contributed by atoms with Crippen molar-refractivity contribution in [3.05, 3.63) is 41.0 Å². The summed E-state index contributed by atoms with van der Waals surface area (Å²) in [7, 11) is 4.01. The summed E-state index contributed by atoms with van der Waals surface area (Å²) in [5, 5.41) is 2.97. The number of carbonyl (C=O) groups excluding carboxylic acids is 1. The SMILES string of the molecule is Cc1ccc(C(=O)NCCN(C)C)cc1C1=CCCC1.[HH]. The van der Waals surface area contributed by atoms with Gasteiger partial charge in [-0.2, -0.15) is 0 Å². The Balaban J connectivity index is 0.00000220. The maximum atomic E-state index is 12.2. The molecule has 0 spiro atoms. The molecule has 2 rings (SSSR count). The van der Waals surface area contributed by atoms with Crippen molar-refractivity contribution in [1.82, 2.24) is 10.2 Å².